The molecule has 0 bridgehead atoms. The van der Waals surface area contributed by atoms with Crippen molar-refractivity contribution in [2.45, 2.75) is 6.54 Å². The number of rotatable bonds is 5. The van der Waals surface area contributed by atoms with Crippen LogP contribution in [0, 0.1) is 11.6 Å². The summed E-state index contributed by atoms with van der Waals surface area (Å²) in [5, 5.41) is 2.45. The molecule has 2 aromatic rings. The van der Waals surface area contributed by atoms with Gasteiger partial charge < -0.3 is 10.2 Å². The van der Waals surface area contributed by atoms with Gasteiger partial charge in [0.2, 0.25) is 5.91 Å². The maximum Gasteiger partial charge on any atom is 0.251 e. The predicted molar refractivity (Wildman–Crippen MR) is 81.6 cm³/mol. The van der Waals surface area contributed by atoms with Gasteiger partial charge in [0.1, 0.15) is 11.6 Å². The molecule has 0 heterocycles. The summed E-state index contributed by atoms with van der Waals surface area (Å²) in [5.41, 5.74) is 0.657. The minimum Gasteiger partial charge on any atom is -0.343 e. The quantitative estimate of drug-likeness (QED) is 0.920. The molecule has 23 heavy (non-hydrogen) atoms. The Hall–Kier alpha value is -2.76. The highest BCUT2D eigenvalue weighted by molar-refractivity contribution is 5.96. The van der Waals surface area contributed by atoms with Crippen LogP contribution in [0.1, 0.15) is 15.9 Å². The highest BCUT2D eigenvalue weighted by Gasteiger charge is 2.13. The molecule has 0 aliphatic heterocycles. The number of carbonyl (C=O) groups is 2. The first-order valence-corrected chi connectivity index (χ1v) is 6.98. The average molecular weight is 318 g/mol. The molecule has 0 saturated heterocycles. The molecule has 0 fully saturated rings. The van der Waals surface area contributed by atoms with Gasteiger partial charge in [-0.3, -0.25) is 9.59 Å². The molecule has 0 spiro atoms. The lowest BCUT2D eigenvalue weighted by Gasteiger charge is -2.18. The van der Waals surface area contributed by atoms with Crippen LogP contribution >= 0.6 is 0 Å². The van der Waals surface area contributed by atoms with Crippen molar-refractivity contribution >= 4 is 11.8 Å². The Kier molecular flexibility index (Phi) is 5.41. The zero-order chi connectivity index (χ0) is 16.8. The van der Waals surface area contributed by atoms with Crippen LogP contribution in [0.5, 0.6) is 0 Å². The van der Waals surface area contributed by atoms with Gasteiger partial charge in [0.15, 0.2) is 0 Å². The van der Waals surface area contributed by atoms with Crippen LogP contribution in [0.25, 0.3) is 0 Å². The smallest absolute Gasteiger partial charge is 0.251 e. The molecule has 2 rings (SSSR count). The molecule has 2 amide bonds. The van der Waals surface area contributed by atoms with Crippen molar-refractivity contribution in [1.82, 2.24) is 10.2 Å². The Labute approximate surface area is 132 Å². The van der Waals surface area contributed by atoms with E-state index >= 15 is 0 Å². The average Bonchev–Trinajstić information content (AvgIpc) is 2.55. The van der Waals surface area contributed by atoms with E-state index in [-0.39, 0.29) is 30.4 Å². The maximum atomic E-state index is 13.5. The molecule has 0 saturated carbocycles. The molecule has 2 aromatic carbocycles. The Morgan fingerprint density at radius 1 is 1.04 bits per heavy atom. The van der Waals surface area contributed by atoms with Gasteiger partial charge in [-0.15, -0.1) is 0 Å². The first kappa shape index (κ1) is 16.6. The van der Waals surface area contributed by atoms with E-state index in [0.717, 1.165) is 0 Å². The summed E-state index contributed by atoms with van der Waals surface area (Å²) in [6, 6.07) is 11.2. The topological polar surface area (TPSA) is 49.4 Å². The second-order valence-electron chi connectivity index (χ2n) is 5.03. The minimum absolute atomic E-state index is 0.109. The SMILES string of the molecule is CN(Cc1ccccc1F)C(=O)CNC(=O)c1ccc(F)cc1. The number of hydrogen-bond acceptors (Lipinski definition) is 2. The summed E-state index contributed by atoms with van der Waals surface area (Å²) in [4.78, 5) is 25.1. The fourth-order valence-corrected chi connectivity index (χ4v) is 1.96. The van der Waals surface area contributed by atoms with Crippen molar-refractivity contribution in [3.8, 4) is 0 Å². The van der Waals surface area contributed by atoms with E-state index in [1.165, 1.54) is 42.3 Å². The largest absolute Gasteiger partial charge is 0.343 e. The Morgan fingerprint density at radius 3 is 2.35 bits per heavy atom. The van der Waals surface area contributed by atoms with E-state index in [1.807, 2.05) is 0 Å². The van der Waals surface area contributed by atoms with Crippen molar-refractivity contribution in [3.63, 3.8) is 0 Å². The van der Waals surface area contributed by atoms with E-state index in [9.17, 15) is 18.4 Å². The Balaban J connectivity index is 1.87. The predicted octanol–water partition coefficient (Wildman–Crippen LogP) is 2.35. The summed E-state index contributed by atoms with van der Waals surface area (Å²) < 4.78 is 26.3. The number of nitrogens with one attached hydrogen (secondary N) is 1. The zero-order valence-corrected chi connectivity index (χ0v) is 12.6. The highest BCUT2D eigenvalue weighted by atomic mass is 19.1. The van der Waals surface area contributed by atoms with E-state index in [2.05, 4.69) is 5.32 Å². The number of carbonyl (C=O) groups excluding carboxylic acids is 2. The Bertz CT molecular complexity index is 702. The molecule has 120 valence electrons. The first-order valence-electron chi connectivity index (χ1n) is 6.98. The molecule has 4 nitrogen and oxygen atoms in total. The fraction of sp³-hybridized carbons (Fsp3) is 0.176. The van der Waals surface area contributed by atoms with Crippen LogP contribution in [-0.2, 0) is 11.3 Å². The molecule has 6 heteroatoms. The van der Waals surface area contributed by atoms with Crippen LogP contribution in [0.3, 0.4) is 0 Å². The highest BCUT2D eigenvalue weighted by Crippen LogP contribution is 2.09. The minimum atomic E-state index is -0.474. The van der Waals surface area contributed by atoms with Gasteiger partial charge in [0, 0.05) is 24.7 Å². The van der Waals surface area contributed by atoms with Crippen LogP contribution in [0.15, 0.2) is 48.5 Å². The number of hydrogen-bond donors (Lipinski definition) is 1. The third-order valence-corrected chi connectivity index (χ3v) is 3.30. The van der Waals surface area contributed by atoms with Gasteiger partial charge in [-0.05, 0) is 30.3 Å². The summed E-state index contributed by atoms with van der Waals surface area (Å²) in [7, 11) is 1.53. The molecular formula is C17H16F2N2O2. The molecule has 0 unspecified atom stereocenters. The van der Waals surface area contributed by atoms with E-state index in [0.29, 0.717) is 5.56 Å². The fourth-order valence-electron chi connectivity index (χ4n) is 1.96. The number of amides is 2. The van der Waals surface area contributed by atoms with Gasteiger partial charge in [-0.2, -0.15) is 0 Å². The molecule has 0 atom stereocenters. The molecule has 0 aliphatic rings. The molecule has 0 radical (unpaired) electrons. The second-order valence-corrected chi connectivity index (χ2v) is 5.03. The number of nitrogens with zero attached hydrogens (tertiary/aromatic N) is 1. The van der Waals surface area contributed by atoms with Crippen LogP contribution in [0.2, 0.25) is 0 Å². The second kappa shape index (κ2) is 7.49. The van der Waals surface area contributed by atoms with Crippen molar-refractivity contribution in [2.24, 2.45) is 0 Å². The number of likely N-dealkylation sites (N-methyl/N-ethyl adjacent to an activating group) is 1. The van der Waals surface area contributed by atoms with Crippen molar-refractivity contribution in [2.75, 3.05) is 13.6 Å². The maximum absolute atomic E-state index is 13.5. The lowest BCUT2D eigenvalue weighted by molar-refractivity contribution is -0.129. The summed E-state index contributed by atoms with van der Waals surface area (Å²) in [5.74, 6) is -1.66. The summed E-state index contributed by atoms with van der Waals surface area (Å²) in [6.45, 7) is -0.112. The molecule has 0 aliphatic carbocycles. The Morgan fingerprint density at radius 2 is 1.70 bits per heavy atom. The van der Waals surface area contributed by atoms with E-state index in [1.54, 1.807) is 18.2 Å². The van der Waals surface area contributed by atoms with Crippen LogP contribution in [0.4, 0.5) is 8.78 Å². The van der Waals surface area contributed by atoms with Gasteiger partial charge in [0.05, 0.1) is 6.54 Å². The number of halogens is 2. The lowest BCUT2D eigenvalue weighted by Crippen LogP contribution is -2.37. The summed E-state index contributed by atoms with van der Waals surface area (Å²) >= 11 is 0. The van der Waals surface area contributed by atoms with Crippen molar-refractivity contribution in [3.05, 3.63) is 71.3 Å². The van der Waals surface area contributed by atoms with Gasteiger partial charge >= 0.3 is 0 Å². The van der Waals surface area contributed by atoms with E-state index in [4.69, 9.17) is 0 Å². The summed E-state index contributed by atoms with van der Waals surface area (Å²) in [6.07, 6.45) is 0. The third kappa shape index (κ3) is 4.60. The normalized spacial score (nSPS) is 10.2. The first-order chi connectivity index (χ1) is 11.0. The van der Waals surface area contributed by atoms with Crippen molar-refractivity contribution < 1.29 is 18.4 Å². The zero-order valence-electron chi connectivity index (χ0n) is 12.6. The monoisotopic (exact) mass is 318 g/mol. The van der Waals surface area contributed by atoms with Crippen LogP contribution < -0.4 is 5.32 Å². The molecule has 0 aromatic heterocycles. The number of benzene rings is 2. The van der Waals surface area contributed by atoms with E-state index < -0.39 is 11.7 Å². The van der Waals surface area contributed by atoms with Gasteiger partial charge in [-0.1, -0.05) is 18.2 Å². The molecular weight excluding hydrogens is 302 g/mol. The van der Waals surface area contributed by atoms with Crippen molar-refractivity contribution in [1.29, 1.82) is 0 Å². The lowest BCUT2D eigenvalue weighted by atomic mass is 10.2. The van der Waals surface area contributed by atoms with Gasteiger partial charge in [0.25, 0.3) is 5.91 Å². The third-order valence-electron chi connectivity index (χ3n) is 3.30. The molecule has 1 N–H and O–H groups in total. The standard InChI is InChI=1S/C17H16F2N2O2/c1-21(11-13-4-2-3-5-15(13)19)16(22)10-20-17(23)12-6-8-14(18)9-7-12/h2-9H,10-11H2,1H3,(H,20,23). The van der Waals surface area contributed by atoms with Crippen LogP contribution in [-0.4, -0.2) is 30.3 Å². The van der Waals surface area contributed by atoms with Gasteiger partial charge in [-0.25, -0.2) is 8.78 Å².